The smallest absolute Gasteiger partial charge is 0.122 e. The highest BCUT2D eigenvalue weighted by molar-refractivity contribution is 5.50. The van der Waals surface area contributed by atoms with E-state index in [0.717, 1.165) is 0 Å². The van der Waals surface area contributed by atoms with Crippen molar-refractivity contribution < 1.29 is 15.0 Å². The fraction of sp³-hybridized carbons (Fsp3) is 0.833. The Morgan fingerprint density at radius 3 is 2.45 bits per heavy atom. The Kier molecular flexibility index (Phi) is 5.50. The summed E-state index contributed by atoms with van der Waals surface area (Å²) in [5.41, 5.74) is 0. The predicted molar refractivity (Wildman–Crippen MR) is 38.0 cm³/mol. The van der Waals surface area contributed by atoms with Crippen molar-refractivity contribution in [3.05, 3.63) is 4.91 Å². The molecule has 0 aliphatic carbocycles. The van der Waals surface area contributed by atoms with E-state index in [0.29, 0.717) is 6.29 Å². The molecule has 0 amide bonds. The fourth-order valence-electron chi connectivity index (χ4n) is 0.633. The summed E-state index contributed by atoms with van der Waals surface area (Å²) < 4.78 is 0. The van der Waals surface area contributed by atoms with E-state index in [1.54, 1.807) is 0 Å². The summed E-state index contributed by atoms with van der Waals surface area (Å²) in [6.45, 7) is -0.0446. The van der Waals surface area contributed by atoms with Crippen LogP contribution in [-0.2, 0) is 4.79 Å². The van der Waals surface area contributed by atoms with Crippen molar-refractivity contribution in [2.24, 2.45) is 5.18 Å². The molecular formula is C6H11NO4. The summed E-state index contributed by atoms with van der Waals surface area (Å²) >= 11 is 0. The monoisotopic (exact) mass is 161 g/mol. The van der Waals surface area contributed by atoms with Gasteiger partial charge in [-0.25, -0.2) is 0 Å². The second kappa shape index (κ2) is 5.94. The van der Waals surface area contributed by atoms with Gasteiger partial charge < -0.3 is 15.0 Å². The lowest BCUT2D eigenvalue weighted by Crippen LogP contribution is -2.26. The molecule has 0 rings (SSSR count). The van der Waals surface area contributed by atoms with Crippen molar-refractivity contribution in [1.29, 1.82) is 0 Å². The van der Waals surface area contributed by atoms with Gasteiger partial charge in [0.05, 0.1) is 18.8 Å². The quantitative estimate of drug-likeness (QED) is 0.404. The number of aliphatic hydroxyl groups is 2. The molecule has 0 aromatic carbocycles. The molecule has 2 N–H and O–H groups in total. The van der Waals surface area contributed by atoms with Crippen LogP contribution in [0.2, 0.25) is 0 Å². The van der Waals surface area contributed by atoms with Crippen molar-refractivity contribution in [3.8, 4) is 0 Å². The van der Waals surface area contributed by atoms with Gasteiger partial charge in [0.25, 0.3) is 0 Å². The van der Waals surface area contributed by atoms with E-state index in [2.05, 4.69) is 5.18 Å². The summed E-state index contributed by atoms with van der Waals surface area (Å²) in [6.07, 6.45) is -1.60. The largest absolute Gasteiger partial charge is 0.390 e. The van der Waals surface area contributed by atoms with E-state index < -0.39 is 12.2 Å². The predicted octanol–water partition coefficient (Wildman–Crippen LogP) is -0.546. The number of hydrogen-bond donors (Lipinski definition) is 2. The van der Waals surface area contributed by atoms with Gasteiger partial charge in [-0.3, -0.25) is 0 Å². The summed E-state index contributed by atoms with van der Waals surface area (Å²) in [4.78, 5) is 19.4. The SMILES string of the molecule is O=CC[C@@H](O)[C@H](O)CCN=O. The van der Waals surface area contributed by atoms with Crippen molar-refractivity contribution in [1.82, 2.24) is 0 Å². The van der Waals surface area contributed by atoms with Crippen molar-refractivity contribution >= 4 is 6.29 Å². The number of aliphatic hydroxyl groups excluding tert-OH is 2. The second-order valence-electron chi connectivity index (χ2n) is 2.18. The van der Waals surface area contributed by atoms with Gasteiger partial charge in [-0.05, 0) is 6.42 Å². The lowest BCUT2D eigenvalue weighted by molar-refractivity contribution is -0.111. The number of nitrogens with zero attached hydrogens (tertiary/aromatic N) is 1. The molecule has 0 radical (unpaired) electrons. The molecule has 0 fully saturated rings. The van der Waals surface area contributed by atoms with E-state index in [9.17, 15) is 9.70 Å². The molecule has 5 heteroatoms. The van der Waals surface area contributed by atoms with Crippen molar-refractivity contribution in [2.75, 3.05) is 6.54 Å². The van der Waals surface area contributed by atoms with Crippen LogP contribution in [0, 0.1) is 4.91 Å². The number of carbonyl (C=O) groups excluding carboxylic acids is 1. The topological polar surface area (TPSA) is 87.0 Å². The number of hydrogen-bond acceptors (Lipinski definition) is 5. The Balaban J connectivity index is 3.53. The zero-order chi connectivity index (χ0) is 8.69. The number of carbonyl (C=O) groups is 1. The summed E-state index contributed by atoms with van der Waals surface area (Å²) in [7, 11) is 0. The molecule has 2 atom stereocenters. The van der Waals surface area contributed by atoms with Gasteiger partial charge in [-0.15, -0.1) is 0 Å². The Morgan fingerprint density at radius 1 is 1.36 bits per heavy atom. The third kappa shape index (κ3) is 4.58. The first-order valence-electron chi connectivity index (χ1n) is 3.31. The van der Waals surface area contributed by atoms with Gasteiger partial charge >= 0.3 is 0 Å². The molecule has 11 heavy (non-hydrogen) atoms. The minimum Gasteiger partial charge on any atom is -0.390 e. The van der Waals surface area contributed by atoms with E-state index in [1.165, 1.54) is 0 Å². The fourth-order valence-corrected chi connectivity index (χ4v) is 0.633. The Morgan fingerprint density at radius 2 is 2.00 bits per heavy atom. The minimum atomic E-state index is -1.07. The first-order valence-corrected chi connectivity index (χ1v) is 3.31. The molecular weight excluding hydrogens is 150 g/mol. The van der Waals surface area contributed by atoms with Crippen molar-refractivity contribution in [3.63, 3.8) is 0 Å². The molecule has 0 unspecified atom stereocenters. The van der Waals surface area contributed by atoms with E-state index in [4.69, 9.17) is 10.2 Å². The molecule has 64 valence electrons. The maximum absolute atomic E-state index is 9.84. The maximum Gasteiger partial charge on any atom is 0.122 e. The highest BCUT2D eigenvalue weighted by Crippen LogP contribution is 2.01. The molecule has 0 spiro atoms. The molecule has 0 heterocycles. The van der Waals surface area contributed by atoms with Gasteiger partial charge in [0.15, 0.2) is 0 Å². The third-order valence-corrected chi connectivity index (χ3v) is 1.30. The van der Waals surface area contributed by atoms with Crippen LogP contribution in [0.1, 0.15) is 12.8 Å². The Bertz CT molecular complexity index is 128. The first kappa shape index (κ1) is 10.2. The van der Waals surface area contributed by atoms with Gasteiger partial charge in [-0.1, -0.05) is 5.18 Å². The zero-order valence-corrected chi connectivity index (χ0v) is 6.01. The van der Waals surface area contributed by atoms with Crippen LogP contribution in [0.25, 0.3) is 0 Å². The van der Waals surface area contributed by atoms with Crippen LogP contribution in [0.15, 0.2) is 5.18 Å². The molecule has 0 aromatic rings. The summed E-state index contributed by atoms with van der Waals surface area (Å²) in [5.74, 6) is 0. The third-order valence-electron chi connectivity index (χ3n) is 1.30. The standard InChI is InChI=1S/C6H11NO4/c8-4-2-6(10)5(9)1-3-7-11/h4-6,9-10H,1-3H2/t5-,6-/m1/s1. The number of nitroso groups, excluding NO2 is 1. The van der Waals surface area contributed by atoms with Crippen LogP contribution in [-0.4, -0.2) is 35.3 Å². The molecule has 0 aliphatic heterocycles. The van der Waals surface area contributed by atoms with Crippen LogP contribution >= 0.6 is 0 Å². The van der Waals surface area contributed by atoms with Crippen LogP contribution < -0.4 is 0 Å². The van der Waals surface area contributed by atoms with Crippen LogP contribution in [0.3, 0.4) is 0 Å². The zero-order valence-electron chi connectivity index (χ0n) is 6.01. The Labute approximate surface area is 64.0 Å². The Hall–Kier alpha value is -0.810. The maximum atomic E-state index is 9.84. The molecule has 0 saturated heterocycles. The number of rotatable bonds is 6. The highest BCUT2D eigenvalue weighted by atomic mass is 16.3. The molecule has 0 aliphatic rings. The molecule has 0 aromatic heterocycles. The molecule has 0 bridgehead atoms. The lowest BCUT2D eigenvalue weighted by Gasteiger charge is -2.12. The van der Waals surface area contributed by atoms with Gasteiger partial charge in [-0.2, -0.15) is 4.91 Å². The molecule has 0 saturated carbocycles. The summed E-state index contributed by atoms with van der Waals surface area (Å²) in [5, 5.41) is 20.4. The van der Waals surface area contributed by atoms with E-state index in [1.807, 2.05) is 0 Å². The number of aldehydes is 1. The minimum absolute atomic E-state index is 0.0446. The van der Waals surface area contributed by atoms with Crippen molar-refractivity contribution in [2.45, 2.75) is 25.0 Å². The average molecular weight is 161 g/mol. The highest BCUT2D eigenvalue weighted by Gasteiger charge is 2.14. The van der Waals surface area contributed by atoms with Crippen LogP contribution in [0.4, 0.5) is 0 Å². The normalized spacial score (nSPS) is 15.5. The first-order chi connectivity index (χ1) is 5.22. The van der Waals surface area contributed by atoms with Gasteiger partial charge in [0.2, 0.25) is 0 Å². The summed E-state index contributed by atoms with van der Waals surface area (Å²) in [6, 6.07) is 0. The second-order valence-corrected chi connectivity index (χ2v) is 2.18. The van der Waals surface area contributed by atoms with Gasteiger partial charge in [0, 0.05) is 6.42 Å². The molecule has 5 nitrogen and oxygen atoms in total. The van der Waals surface area contributed by atoms with Gasteiger partial charge in [0.1, 0.15) is 6.29 Å². The van der Waals surface area contributed by atoms with Crippen LogP contribution in [0.5, 0.6) is 0 Å². The van der Waals surface area contributed by atoms with E-state index in [-0.39, 0.29) is 19.4 Å². The van der Waals surface area contributed by atoms with E-state index >= 15 is 0 Å². The lowest BCUT2D eigenvalue weighted by atomic mass is 10.1. The average Bonchev–Trinajstić information content (AvgIpc) is 2.00.